The number of amides is 4. The van der Waals surface area contributed by atoms with E-state index in [0.717, 1.165) is 0 Å². The van der Waals surface area contributed by atoms with Crippen LogP contribution in [0.15, 0.2) is 36.1 Å². The number of carbonyl (C=O) groups excluding carboxylic acids is 3. The molecule has 0 atom stereocenters. The molecule has 0 aromatic carbocycles. The zero-order valence-corrected chi connectivity index (χ0v) is 12.9. The molecule has 0 bridgehead atoms. The van der Waals surface area contributed by atoms with Gasteiger partial charge in [0.15, 0.2) is 0 Å². The monoisotopic (exact) mass is 306 g/mol. The molecule has 0 unspecified atom stereocenters. The van der Waals surface area contributed by atoms with Crippen LogP contribution in [-0.2, 0) is 9.59 Å². The number of hydrogen-bond acceptors (Lipinski definition) is 4. The zero-order chi connectivity index (χ0) is 16.5. The third-order valence-electron chi connectivity index (χ3n) is 3.15. The van der Waals surface area contributed by atoms with Crippen molar-refractivity contribution in [2.75, 3.05) is 26.7 Å². The Bertz CT molecular complexity index is 523. The summed E-state index contributed by atoms with van der Waals surface area (Å²) in [5, 5.41) is 7.91. The third kappa shape index (κ3) is 4.76. The average Bonchev–Trinajstić information content (AvgIpc) is 2.49. The van der Waals surface area contributed by atoms with Crippen LogP contribution in [0.2, 0.25) is 0 Å². The molecule has 1 saturated heterocycles. The second-order valence-corrected chi connectivity index (χ2v) is 4.63. The van der Waals surface area contributed by atoms with Gasteiger partial charge in [-0.3, -0.25) is 14.9 Å². The summed E-state index contributed by atoms with van der Waals surface area (Å²) < 4.78 is 0. The molecular formula is C15H22N4O3. The van der Waals surface area contributed by atoms with Gasteiger partial charge in [0, 0.05) is 38.8 Å². The number of likely N-dealkylation sites (N-methyl/N-ethyl adjacent to an activating group) is 1. The second-order valence-electron chi connectivity index (χ2n) is 4.63. The molecule has 0 saturated carbocycles. The minimum atomic E-state index is -0.421. The summed E-state index contributed by atoms with van der Waals surface area (Å²) in [6, 6.07) is -0.421. The lowest BCUT2D eigenvalue weighted by Gasteiger charge is -2.26. The number of nitrogens with one attached hydrogen (secondary N) is 3. The van der Waals surface area contributed by atoms with E-state index >= 15 is 0 Å². The van der Waals surface area contributed by atoms with Crippen LogP contribution in [-0.4, -0.2) is 49.4 Å². The first kappa shape index (κ1) is 17.5. The number of carbonyl (C=O) groups is 3. The lowest BCUT2D eigenvalue weighted by atomic mass is 10.1. The molecule has 120 valence electrons. The summed E-state index contributed by atoms with van der Waals surface area (Å²) in [7, 11) is 1.72. The highest BCUT2D eigenvalue weighted by atomic mass is 16.2. The van der Waals surface area contributed by atoms with Crippen molar-refractivity contribution in [2.45, 2.75) is 13.3 Å². The van der Waals surface area contributed by atoms with E-state index in [1.54, 1.807) is 13.1 Å². The fourth-order valence-corrected chi connectivity index (χ4v) is 2.01. The van der Waals surface area contributed by atoms with Gasteiger partial charge >= 0.3 is 6.03 Å². The Balaban J connectivity index is 2.56. The molecule has 1 heterocycles. The Hall–Kier alpha value is -2.57. The summed E-state index contributed by atoms with van der Waals surface area (Å²) in [5.41, 5.74) is 1.09. The molecule has 0 aliphatic carbocycles. The van der Waals surface area contributed by atoms with Crippen LogP contribution in [0.5, 0.6) is 0 Å². The largest absolute Gasteiger partial charge is 0.387 e. The molecule has 1 aliphatic heterocycles. The number of imide groups is 1. The minimum Gasteiger partial charge on any atom is -0.387 e. The van der Waals surface area contributed by atoms with Gasteiger partial charge in [-0.2, -0.15) is 0 Å². The van der Waals surface area contributed by atoms with Crippen molar-refractivity contribution in [2.24, 2.45) is 0 Å². The summed E-state index contributed by atoms with van der Waals surface area (Å²) in [6.45, 7) is 6.50. The van der Waals surface area contributed by atoms with Crippen LogP contribution in [0.25, 0.3) is 0 Å². The standard InChI is InChI=1S/C15H22N4O3/c1-4-6-12(16-3)11(5-2)14(21)17-8-10-19-9-7-13(20)18-15(19)22/h4-6,16H,2,7-10H2,1,3H3,(H,17,21)(H,18,20,22)/b6-4-,12-11-. The van der Waals surface area contributed by atoms with Crippen LogP contribution in [0.3, 0.4) is 0 Å². The lowest BCUT2D eigenvalue weighted by Crippen LogP contribution is -2.51. The van der Waals surface area contributed by atoms with Crippen molar-refractivity contribution < 1.29 is 14.4 Å². The van der Waals surface area contributed by atoms with Crippen LogP contribution in [0, 0.1) is 0 Å². The number of allylic oxidation sites excluding steroid dienone is 2. The van der Waals surface area contributed by atoms with Crippen molar-refractivity contribution in [1.29, 1.82) is 0 Å². The van der Waals surface area contributed by atoms with Crippen molar-refractivity contribution in [1.82, 2.24) is 20.9 Å². The van der Waals surface area contributed by atoms with E-state index < -0.39 is 6.03 Å². The van der Waals surface area contributed by atoms with Crippen LogP contribution in [0.1, 0.15) is 13.3 Å². The number of rotatable bonds is 7. The minimum absolute atomic E-state index is 0.271. The topological polar surface area (TPSA) is 90.5 Å². The fraction of sp³-hybridized carbons (Fsp3) is 0.400. The zero-order valence-electron chi connectivity index (χ0n) is 12.9. The Morgan fingerprint density at radius 1 is 1.45 bits per heavy atom. The van der Waals surface area contributed by atoms with E-state index in [4.69, 9.17) is 0 Å². The summed E-state index contributed by atoms with van der Waals surface area (Å²) in [4.78, 5) is 36.2. The SMILES string of the molecule is C=C/C(C(=O)NCCN1CCC(=O)NC1=O)=C(\C=C/C)NC. The molecule has 7 heteroatoms. The number of urea groups is 1. The Morgan fingerprint density at radius 2 is 2.18 bits per heavy atom. The maximum absolute atomic E-state index is 12.1. The van der Waals surface area contributed by atoms with E-state index in [-0.39, 0.29) is 18.2 Å². The Kier molecular flexibility index (Phi) is 6.88. The van der Waals surface area contributed by atoms with Gasteiger partial charge in [0.2, 0.25) is 5.91 Å². The molecule has 3 N–H and O–H groups in total. The van der Waals surface area contributed by atoms with E-state index in [0.29, 0.717) is 30.9 Å². The quantitative estimate of drug-likeness (QED) is 0.465. The summed E-state index contributed by atoms with van der Waals surface area (Å²) in [6.07, 6.45) is 5.36. The molecule has 7 nitrogen and oxygen atoms in total. The van der Waals surface area contributed by atoms with Crippen LogP contribution < -0.4 is 16.0 Å². The van der Waals surface area contributed by atoms with Gasteiger partial charge in [0.05, 0.1) is 5.57 Å². The van der Waals surface area contributed by atoms with E-state index in [1.165, 1.54) is 11.0 Å². The Labute approximate surface area is 130 Å². The number of hydrogen-bond donors (Lipinski definition) is 3. The highest BCUT2D eigenvalue weighted by Crippen LogP contribution is 2.05. The average molecular weight is 306 g/mol. The molecular weight excluding hydrogens is 284 g/mol. The van der Waals surface area contributed by atoms with Gasteiger partial charge < -0.3 is 15.5 Å². The predicted octanol–water partition coefficient (Wildman–Crippen LogP) is 0.280. The maximum Gasteiger partial charge on any atom is 0.324 e. The van der Waals surface area contributed by atoms with Gasteiger partial charge in [-0.15, -0.1) is 0 Å². The molecule has 22 heavy (non-hydrogen) atoms. The third-order valence-corrected chi connectivity index (χ3v) is 3.15. The number of nitrogens with zero attached hydrogens (tertiary/aromatic N) is 1. The molecule has 0 spiro atoms. The molecule has 1 rings (SSSR count). The normalized spacial score (nSPS) is 16.2. The fourth-order valence-electron chi connectivity index (χ4n) is 2.01. The maximum atomic E-state index is 12.1. The first-order valence-electron chi connectivity index (χ1n) is 7.07. The van der Waals surface area contributed by atoms with E-state index in [9.17, 15) is 14.4 Å². The van der Waals surface area contributed by atoms with Gasteiger partial charge in [-0.25, -0.2) is 4.79 Å². The summed E-state index contributed by atoms with van der Waals surface area (Å²) >= 11 is 0. The first-order chi connectivity index (χ1) is 10.5. The molecule has 1 fully saturated rings. The van der Waals surface area contributed by atoms with Crippen LogP contribution in [0.4, 0.5) is 4.79 Å². The van der Waals surface area contributed by atoms with Gasteiger partial charge in [0.25, 0.3) is 5.91 Å². The van der Waals surface area contributed by atoms with Crippen molar-refractivity contribution in [3.63, 3.8) is 0 Å². The second kappa shape index (κ2) is 8.66. The highest BCUT2D eigenvalue weighted by Gasteiger charge is 2.22. The molecule has 1 aliphatic rings. The summed E-state index contributed by atoms with van der Waals surface area (Å²) in [5.74, 6) is -0.543. The first-order valence-corrected chi connectivity index (χ1v) is 7.07. The van der Waals surface area contributed by atoms with Gasteiger partial charge in [-0.1, -0.05) is 18.7 Å². The van der Waals surface area contributed by atoms with Crippen molar-refractivity contribution in [3.8, 4) is 0 Å². The molecule has 4 amide bonds. The predicted molar refractivity (Wildman–Crippen MR) is 83.8 cm³/mol. The Morgan fingerprint density at radius 3 is 2.73 bits per heavy atom. The lowest BCUT2D eigenvalue weighted by molar-refractivity contribution is -0.121. The van der Waals surface area contributed by atoms with Crippen molar-refractivity contribution in [3.05, 3.63) is 36.1 Å². The van der Waals surface area contributed by atoms with E-state index in [2.05, 4.69) is 22.5 Å². The molecule has 0 aromatic rings. The smallest absolute Gasteiger partial charge is 0.324 e. The highest BCUT2D eigenvalue weighted by molar-refractivity contribution is 5.97. The van der Waals surface area contributed by atoms with Gasteiger partial charge in [-0.05, 0) is 13.0 Å². The molecule has 0 radical (unpaired) electrons. The van der Waals surface area contributed by atoms with Crippen molar-refractivity contribution >= 4 is 17.8 Å². The van der Waals surface area contributed by atoms with Gasteiger partial charge in [0.1, 0.15) is 0 Å². The van der Waals surface area contributed by atoms with Crippen LogP contribution >= 0.6 is 0 Å². The molecule has 0 aromatic heterocycles. The van der Waals surface area contributed by atoms with E-state index in [1.807, 2.05) is 13.0 Å².